The van der Waals surface area contributed by atoms with Crippen LogP contribution in [0.5, 0.6) is 0 Å². The molecule has 0 spiro atoms. The van der Waals surface area contributed by atoms with E-state index in [-0.39, 0.29) is 10.5 Å². The van der Waals surface area contributed by atoms with Crippen LogP contribution < -0.4 is 4.72 Å². The molecule has 0 aromatic carbocycles. The van der Waals surface area contributed by atoms with Crippen molar-refractivity contribution in [2.75, 3.05) is 6.54 Å². The minimum atomic E-state index is -3.51. The average Bonchev–Trinajstić information content (AvgIpc) is 2.18. The predicted octanol–water partition coefficient (Wildman–Crippen LogP) is 0.251. The number of pyridine rings is 1. The fourth-order valence-corrected chi connectivity index (χ4v) is 1.93. The second-order valence-corrected chi connectivity index (χ2v) is 4.29. The molecule has 0 aliphatic rings. The van der Waals surface area contributed by atoms with Crippen LogP contribution in [0.25, 0.3) is 0 Å². The first-order valence-electron chi connectivity index (χ1n) is 3.95. The summed E-state index contributed by atoms with van der Waals surface area (Å²) in [5.74, 6) is 0. The molecule has 0 aliphatic carbocycles. The first-order chi connectivity index (χ1) is 6.60. The van der Waals surface area contributed by atoms with Gasteiger partial charge in [-0.3, -0.25) is 4.98 Å². The second-order valence-electron chi connectivity index (χ2n) is 2.52. The molecule has 0 saturated heterocycles. The van der Waals surface area contributed by atoms with Gasteiger partial charge in [0.15, 0.2) is 0 Å². The van der Waals surface area contributed by atoms with Gasteiger partial charge in [0, 0.05) is 18.9 Å². The van der Waals surface area contributed by atoms with Gasteiger partial charge in [-0.1, -0.05) is 6.92 Å². The number of sulfonamides is 1. The maximum atomic E-state index is 11.4. The molecule has 0 unspecified atom stereocenters. The summed E-state index contributed by atoms with van der Waals surface area (Å²) in [6, 6.07) is 3.11. The van der Waals surface area contributed by atoms with Crippen molar-refractivity contribution in [3.05, 3.63) is 24.0 Å². The molecule has 0 atom stereocenters. The summed E-state index contributed by atoms with van der Waals surface area (Å²) >= 11 is 0. The van der Waals surface area contributed by atoms with E-state index in [1.54, 1.807) is 6.92 Å². The summed E-state index contributed by atoms with van der Waals surface area (Å²) in [6.07, 6.45) is 2.52. The largest absolute Gasteiger partial charge is 0.262 e. The van der Waals surface area contributed by atoms with Crippen LogP contribution in [0.15, 0.2) is 23.4 Å². The highest BCUT2D eigenvalue weighted by molar-refractivity contribution is 7.89. The fraction of sp³-hybridized carbons (Fsp3) is 0.250. The molecule has 0 aliphatic heterocycles. The van der Waals surface area contributed by atoms with Gasteiger partial charge in [-0.25, -0.2) is 13.1 Å². The van der Waals surface area contributed by atoms with E-state index in [0.29, 0.717) is 6.54 Å². The van der Waals surface area contributed by atoms with Crippen LogP contribution >= 0.6 is 0 Å². The van der Waals surface area contributed by atoms with Gasteiger partial charge in [-0.2, -0.15) is 5.26 Å². The fourth-order valence-electron chi connectivity index (χ4n) is 0.900. The molecule has 5 nitrogen and oxygen atoms in total. The number of nitrogens with zero attached hydrogens (tertiary/aromatic N) is 2. The number of nitriles is 1. The molecule has 0 bridgehead atoms. The Hall–Kier alpha value is -1.45. The molecule has 0 fully saturated rings. The maximum Gasteiger partial charge on any atom is 0.242 e. The molecule has 0 amide bonds. The quantitative estimate of drug-likeness (QED) is 0.776. The minimum Gasteiger partial charge on any atom is -0.262 e. The molecule has 1 aromatic rings. The van der Waals surface area contributed by atoms with Gasteiger partial charge in [0.05, 0.1) is 5.56 Å². The van der Waals surface area contributed by atoms with Gasteiger partial charge in [0.25, 0.3) is 0 Å². The van der Waals surface area contributed by atoms with Gasteiger partial charge in [0.2, 0.25) is 10.0 Å². The van der Waals surface area contributed by atoms with Crippen molar-refractivity contribution in [3.8, 4) is 6.07 Å². The van der Waals surface area contributed by atoms with E-state index in [0.717, 1.165) is 0 Å². The van der Waals surface area contributed by atoms with E-state index >= 15 is 0 Å². The lowest BCUT2D eigenvalue weighted by Gasteiger charge is -2.03. The second kappa shape index (κ2) is 4.17. The Labute approximate surface area is 82.4 Å². The van der Waals surface area contributed by atoms with E-state index in [2.05, 4.69) is 9.71 Å². The smallest absolute Gasteiger partial charge is 0.242 e. The summed E-state index contributed by atoms with van der Waals surface area (Å²) in [5, 5.41) is 8.55. The number of aromatic nitrogens is 1. The molecule has 1 rings (SSSR count). The Morgan fingerprint density at radius 2 is 2.29 bits per heavy atom. The van der Waals surface area contributed by atoms with Gasteiger partial charge < -0.3 is 0 Å². The third-order valence-corrected chi connectivity index (χ3v) is 3.00. The van der Waals surface area contributed by atoms with E-state index in [4.69, 9.17) is 5.26 Å². The van der Waals surface area contributed by atoms with E-state index in [1.165, 1.54) is 18.5 Å². The Morgan fingerprint density at radius 1 is 1.57 bits per heavy atom. The maximum absolute atomic E-state index is 11.4. The van der Waals surface area contributed by atoms with Crippen LogP contribution in [0.1, 0.15) is 12.5 Å². The Balaban J connectivity index is 3.15. The molecule has 74 valence electrons. The summed E-state index contributed by atoms with van der Waals surface area (Å²) < 4.78 is 25.2. The van der Waals surface area contributed by atoms with Crippen LogP contribution in [0.2, 0.25) is 0 Å². The molecule has 0 saturated carbocycles. The molecular weight excluding hydrogens is 202 g/mol. The molecular formula is C8H9N3O2S. The van der Waals surface area contributed by atoms with Crippen molar-refractivity contribution in [2.24, 2.45) is 0 Å². The zero-order valence-corrected chi connectivity index (χ0v) is 8.37. The van der Waals surface area contributed by atoms with Crippen molar-refractivity contribution in [2.45, 2.75) is 11.8 Å². The standard InChI is InChI=1S/C8H9N3O2S/c1-2-11-14(12,13)8-3-7(4-9)5-10-6-8/h3,5-6,11H,2H2,1H3. The van der Waals surface area contributed by atoms with Crippen LogP contribution in [-0.2, 0) is 10.0 Å². The predicted molar refractivity (Wildman–Crippen MR) is 49.8 cm³/mol. The van der Waals surface area contributed by atoms with Crippen molar-refractivity contribution in [1.29, 1.82) is 5.26 Å². The zero-order valence-electron chi connectivity index (χ0n) is 7.56. The Morgan fingerprint density at radius 3 is 2.86 bits per heavy atom. The number of nitrogens with one attached hydrogen (secondary N) is 1. The van der Waals surface area contributed by atoms with Crippen molar-refractivity contribution >= 4 is 10.0 Å². The summed E-state index contributed by atoms with van der Waals surface area (Å²) in [7, 11) is -3.51. The number of hydrogen-bond donors (Lipinski definition) is 1. The van der Waals surface area contributed by atoms with Gasteiger partial charge in [-0.15, -0.1) is 0 Å². The molecule has 14 heavy (non-hydrogen) atoms. The number of rotatable bonds is 3. The lowest BCUT2D eigenvalue weighted by molar-refractivity contribution is 0.583. The third kappa shape index (κ3) is 2.28. The van der Waals surface area contributed by atoms with Crippen molar-refractivity contribution < 1.29 is 8.42 Å². The average molecular weight is 211 g/mol. The molecule has 1 aromatic heterocycles. The highest BCUT2D eigenvalue weighted by atomic mass is 32.2. The number of hydrogen-bond acceptors (Lipinski definition) is 4. The van der Waals surface area contributed by atoms with E-state index in [1.807, 2.05) is 6.07 Å². The van der Waals surface area contributed by atoms with Crippen LogP contribution in [0.4, 0.5) is 0 Å². The zero-order chi connectivity index (χ0) is 10.6. The van der Waals surface area contributed by atoms with E-state index in [9.17, 15) is 8.42 Å². The SMILES string of the molecule is CCNS(=O)(=O)c1cncc(C#N)c1. The van der Waals surface area contributed by atoms with Crippen LogP contribution in [-0.4, -0.2) is 19.9 Å². The Bertz CT molecular complexity index is 462. The summed E-state index contributed by atoms with van der Waals surface area (Å²) in [4.78, 5) is 3.67. The van der Waals surface area contributed by atoms with Gasteiger partial charge >= 0.3 is 0 Å². The van der Waals surface area contributed by atoms with Gasteiger partial charge in [-0.05, 0) is 6.07 Å². The topological polar surface area (TPSA) is 82.8 Å². The highest BCUT2D eigenvalue weighted by Gasteiger charge is 2.12. The molecule has 1 heterocycles. The first-order valence-corrected chi connectivity index (χ1v) is 5.43. The lowest BCUT2D eigenvalue weighted by Crippen LogP contribution is -2.23. The summed E-state index contributed by atoms with van der Waals surface area (Å²) in [5.41, 5.74) is 0.226. The molecule has 1 N–H and O–H groups in total. The first kappa shape index (κ1) is 10.6. The van der Waals surface area contributed by atoms with Crippen LogP contribution in [0, 0.1) is 11.3 Å². The molecule has 0 radical (unpaired) electrons. The Kier molecular flexibility index (Phi) is 3.17. The summed E-state index contributed by atoms with van der Waals surface area (Å²) in [6.45, 7) is 1.98. The molecule has 6 heteroatoms. The van der Waals surface area contributed by atoms with Crippen LogP contribution in [0.3, 0.4) is 0 Å². The normalized spacial score (nSPS) is 10.9. The minimum absolute atomic E-state index is 0.0124. The van der Waals surface area contributed by atoms with Crippen molar-refractivity contribution in [1.82, 2.24) is 9.71 Å². The monoisotopic (exact) mass is 211 g/mol. The van der Waals surface area contributed by atoms with Crippen molar-refractivity contribution in [3.63, 3.8) is 0 Å². The third-order valence-electron chi connectivity index (χ3n) is 1.49. The van der Waals surface area contributed by atoms with E-state index < -0.39 is 10.0 Å². The lowest BCUT2D eigenvalue weighted by atomic mass is 10.3. The van der Waals surface area contributed by atoms with Gasteiger partial charge in [0.1, 0.15) is 11.0 Å². The highest BCUT2D eigenvalue weighted by Crippen LogP contribution is 2.08.